The third kappa shape index (κ3) is 3.58. The summed E-state index contributed by atoms with van der Waals surface area (Å²) >= 11 is 5.59. The van der Waals surface area contributed by atoms with Gasteiger partial charge in [-0.3, -0.25) is 4.79 Å². The fraction of sp³-hybridized carbons (Fsp3) is 0.200. The zero-order chi connectivity index (χ0) is 10.4. The largest absolute Gasteiger partial charge is 0.325 e. The first-order chi connectivity index (χ1) is 6.72. The highest BCUT2D eigenvalue weighted by molar-refractivity contribution is 6.29. The van der Waals surface area contributed by atoms with Gasteiger partial charge < -0.3 is 5.32 Å². The first-order valence-electron chi connectivity index (χ1n) is 4.24. The first kappa shape index (κ1) is 10.7. The van der Waals surface area contributed by atoms with E-state index in [9.17, 15) is 4.79 Å². The van der Waals surface area contributed by atoms with Gasteiger partial charge in [0, 0.05) is 6.42 Å². The summed E-state index contributed by atoms with van der Waals surface area (Å²) in [5.74, 6) is -0.0472. The minimum atomic E-state index is -0.0472. The highest BCUT2D eigenvalue weighted by Crippen LogP contribution is 2.10. The second-order valence-electron chi connectivity index (χ2n) is 2.75. The van der Waals surface area contributed by atoms with Gasteiger partial charge in [0.25, 0.3) is 0 Å². The van der Waals surface area contributed by atoms with Crippen LogP contribution >= 0.6 is 11.6 Å². The summed E-state index contributed by atoms with van der Waals surface area (Å²) < 4.78 is 0. The number of carbonyl (C=O) groups is 1. The summed E-state index contributed by atoms with van der Waals surface area (Å²) in [6, 6.07) is 3.34. The van der Waals surface area contributed by atoms with E-state index in [1.807, 2.05) is 0 Å². The second kappa shape index (κ2) is 5.40. The van der Waals surface area contributed by atoms with Gasteiger partial charge in [-0.2, -0.15) is 0 Å². The number of amides is 1. The lowest BCUT2D eigenvalue weighted by atomic mass is 10.3. The van der Waals surface area contributed by atoms with Crippen molar-refractivity contribution in [2.75, 3.05) is 5.32 Å². The van der Waals surface area contributed by atoms with E-state index in [1.54, 1.807) is 18.2 Å². The monoisotopic (exact) mass is 210 g/mol. The van der Waals surface area contributed by atoms with Crippen molar-refractivity contribution in [1.29, 1.82) is 0 Å². The number of pyridine rings is 1. The highest BCUT2D eigenvalue weighted by Gasteiger charge is 2.00. The Morgan fingerprint density at radius 3 is 3.00 bits per heavy atom. The molecule has 0 saturated heterocycles. The predicted molar refractivity (Wildman–Crippen MR) is 57.3 cm³/mol. The Labute approximate surface area is 87.8 Å². The molecular weight excluding hydrogens is 200 g/mol. The van der Waals surface area contributed by atoms with Crippen LogP contribution in [0, 0.1) is 0 Å². The second-order valence-corrected chi connectivity index (χ2v) is 3.13. The Hall–Kier alpha value is -1.35. The number of hydrogen-bond donors (Lipinski definition) is 1. The minimum absolute atomic E-state index is 0.0472. The Kier molecular flexibility index (Phi) is 4.13. The molecule has 1 aromatic heterocycles. The number of rotatable bonds is 4. The summed E-state index contributed by atoms with van der Waals surface area (Å²) in [4.78, 5) is 15.1. The Bertz CT molecular complexity index is 321. The Balaban J connectivity index is 2.47. The molecule has 1 rings (SSSR count). The van der Waals surface area contributed by atoms with Gasteiger partial charge in [-0.1, -0.05) is 17.7 Å². The molecule has 4 heteroatoms. The molecule has 0 fully saturated rings. The first-order valence-corrected chi connectivity index (χ1v) is 4.62. The van der Waals surface area contributed by atoms with Gasteiger partial charge in [0.1, 0.15) is 5.15 Å². The van der Waals surface area contributed by atoms with Gasteiger partial charge in [-0.05, 0) is 18.6 Å². The number of anilines is 1. The van der Waals surface area contributed by atoms with Crippen molar-refractivity contribution in [3.8, 4) is 0 Å². The number of nitrogens with zero attached hydrogens (tertiary/aromatic N) is 1. The van der Waals surface area contributed by atoms with Crippen LogP contribution in [0.15, 0.2) is 31.0 Å². The van der Waals surface area contributed by atoms with Crippen LogP contribution in [0.1, 0.15) is 12.8 Å². The molecule has 0 unspecified atom stereocenters. The summed E-state index contributed by atoms with van der Waals surface area (Å²) in [7, 11) is 0. The van der Waals surface area contributed by atoms with E-state index in [0.717, 1.165) is 0 Å². The van der Waals surface area contributed by atoms with Gasteiger partial charge in [0.2, 0.25) is 5.91 Å². The van der Waals surface area contributed by atoms with E-state index in [1.165, 1.54) is 6.20 Å². The smallest absolute Gasteiger partial charge is 0.224 e. The Morgan fingerprint density at radius 2 is 2.43 bits per heavy atom. The third-order valence-corrected chi connectivity index (χ3v) is 1.81. The fourth-order valence-corrected chi connectivity index (χ4v) is 1.02. The lowest BCUT2D eigenvalue weighted by Crippen LogP contribution is -2.10. The molecule has 0 atom stereocenters. The maximum atomic E-state index is 11.2. The molecule has 14 heavy (non-hydrogen) atoms. The number of hydrogen-bond acceptors (Lipinski definition) is 2. The van der Waals surface area contributed by atoms with Crippen molar-refractivity contribution in [2.24, 2.45) is 0 Å². The van der Waals surface area contributed by atoms with Crippen molar-refractivity contribution in [2.45, 2.75) is 12.8 Å². The van der Waals surface area contributed by atoms with Crippen LogP contribution in [0.2, 0.25) is 5.15 Å². The lowest BCUT2D eigenvalue weighted by Gasteiger charge is -2.02. The molecule has 74 valence electrons. The third-order valence-electron chi connectivity index (χ3n) is 1.59. The molecule has 0 aromatic carbocycles. The summed E-state index contributed by atoms with van der Waals surface area (Å²) in [5.41, 5.74) is 0.656. The van der Waals surface area contributed by atoms with E-state index in [0.29, 0.717) is 23.7 Å². The number of nitrogens with one attached hydrogen (secondary N) is 1. The molecule has 0 aliphatic carbocycles. The van der Waals surface area contributed by atoms with Crippen molar-refractivity contribution in [1.82, 2.24) is 4.98 Å². The van der Waals surface area contributed by atoms with E-state index in [-0.39, 0.29) is 5.91 Å². The quantitative estimate of drug-likeness (QED) is 0.613. The summed E-state index contributed by atoms with van der Waals surface area (Å²) in [6.07, 6.45) is 4.34. The molecule has 0 spiro atoms. The molecule has 1 aromatic rings. The number of halogens is 1. The average Bonchev–Trinajstić information content (AvgIpc) is 2.18. The van der Waals surface area contributed by atoms with E-state index >= 15 is 0 Å². The predicted octanol–water partition coefficient (Wildman–Crippen LogP) is 2.64. The van der Waals surface area contributed by atoms with E-state index in [4.69, 9.17) is 11.6 Å². The molecule has 1 N–H and O–H groups in total. The van der Waals surface area contributed by atoms with Crippen LogP contribution < -0.4 is 5.32 Å². The number of allylic oxidation sites excluding steroid dienone is 1. The van der Waals surface area contributed by atoms with Gasteiger partial charge >= 0.3 is 0 Å². The molecule has 1 amide bonds. The molecule has 1 heterocycles. The van der Waals surface area contributed by atoms with Crippen LogP contribution in [-0.2, 0) is 4.79 Å². The standard InChI is InChI=1S/C10H11ClN2O/c1-2-3-4-10(14)13-8-5-6-9(11)12-7-8/h2,5-7H,1,3-4H2,(H,13,14). The molecule has 0 aliphatic rings. The molecule has 0 saturated carbocycles. The van der Waals surface area contributed by atoms with E-state index in [2.05, 4.69) is 16.9 Å². The van der Waals surface area contributed by atoms with Gasteiger partial charge in [0.15, 0.2) is 0 Å². The molecule has 0 bridgehead atoms. The van der Waals surface area contributed by atoms with Crippen molar-refractivity contribution < 1.29 is 4.79 Å². The molecule has 0 radical (unpaired) electrons. The van der Waals surface area contributed by atoms with Crippen LogP contribution in [0.4, 0.5) is 5.69 Å². The van der Waals surface area contributed by atoms with Crippen LogP contribution in [0.3, 0.4) is 0 Å². The minimum Gasteiger partial charge on any atom is -0.325 e. The van der Waals surface area contributed by atoms with E-state index < -0.39 is 0 Å². The van der Waals surface area contributed by atoms with Crippen LogP contribution in [0.5, 0.6) is 0 Å². The fourth-order valence-electron chi connectivity index (χ4n) is 0.906. The normalized spacial score (nSPS) is 9.50. The summed E-state index contributed by atoms with van der Waals surface area (Å²) in [5, 5.41) is 3.11. The number of carbonyl (C=O) groups excluding carboxylic acids is 1. The lowest BCUT2D eigenvalue weighted by molar-refractivity contribution is -0.116. The van der Waals surface area contributed by atoms with Crippen molar-refractivity contribution in [3.05, 3.63) is 36.1 Å². The Morgan fingerprint density at radius 1 is 1.64 bits per heavy atom. The van der Waals surface area contributed by atoms with Crippen molar-refractivity contribution in [3.63, 3.8) is 0 Å². The zero-order valence-electron chi connectivity index (χ0n) is 7.66. The maximum Gasteiger partial charge on any atom is 0.224 e. The SMILES string of the molecule is C=CCCC(=O)Nc1ccc(Cl)nc1. The van der Waals surface area contributed by atoms with Crippen molar-refractivity contribution >= 4 is 23.2 Å². The maximum absolute atomic E-state index is 11.2. The highest BCUT2D eigenvalue weighted by atomic mass is 35.5. The molecule has 3 nitrogen and oxygen atoms in total. The topological polar surface area (TPSA) is 42.0 Å². The van der Waals surface area contributed by atoms with Gasteiger partial charge in [-0.15, -0.1) is 6.58 Å². The van der Waals surface area contributed by atoms with Crippen LogP contribution in [0.25, 0.3) is 0 Å². The van der Waals surface area contributed by atoms with Crippen LogP contribution in [-0.4, -0.2) is 10.9 Å². The number of aromatic nitrogens is 1. The molecular formula is C10H11ClN2O. The average molecular weight is 211 g/mol. The summed E-state index contributed by atoms with van der Waals surface area (Å²) in [6.45, 7) is 3.54. The van der Waals surface area contributed by atoms with Gasteiger partial charge in [0.05, 0.1) is 11.9 Å². The zero-order valence-corrected chi connectivity index (χ0v) is 8.42. The van der Waals surface area contributed by atoms with Gasteiger partial charge in [-0.25, -0.2) is 4.98 Å². The molecule has 0 aliphatic heterocycles.